The Kier molecular flexibility index (Phi) is 3.27. The minimum Gasteiger partial charge on any atom is -0.466 e. The number of ether oxygens (including phenoxy) is 1. The summed E-state index contributed by atoms with van der Waals surface area (Å²) < 4.78 is 12.3. The van der Waals surface area contributed by atoms with Crippen LogP contribution in [0.4, 0.5) is 0 Å². The molecular weight excluding hydrogens is 270 g/mol. The zero-order chi connectivity index (χ0) is 14.8. The van der Waals surface area contributed by atoms with Crippen molar-refractivity contribution in [2.45, 2.75) is 13.8 Å². The number of aromatic nitrogens is 3. The molecule has 0 atom stereocenters. The maximum atomic E-state index is 12.1. The van der Waals surface area contributed by atoms with Gasteiger partial charge in [0, 0.05) is 0 Å². The number of hydrogen-bond donors (Lipinski definition) is 0. The molecule has 0 spiro atoms. The number of nitrogens with zero attached hydrogens (tertiary/aromatic N) is 3. The number of carbonyl (C=O) groups excluding carboxylic acids is 1. The lowest BCUT2D eigenvalue weighted by Gasteiger charge is -2.05. The van der Waals surface area contributed by atoms with Crippen molar-refractivity contribution in [3.8, 4) is 11.4 Å². The predicted octanol–water partition coefficient (Wildman–Crippen LogP) is 2.70. The van der Waals surface area contributed by atoms with Crippen LogP contribution < -0.4 is 4.74 Å². The minimum atomic E-state index is -0.433. The van der Waals surface area contributed by atoms with Crippen molar-refractivity contribution in [1.29, 1.82) is 0 Å². The van der Waals surface area contributed by atoms with Crippen LogP contribution in [0.25, 0.3) is 5.69 Å². The van der Waals surface area contributed by atoms with E-state index in [2.05, 4.69) is 10.1 Å². The van der Waals surface area contributed by atoms with Gasteiger partial charge in [0.05, 0.1) is 5.69 Å². The second-order valence-electron chi connectivity index (χ2n) is 4.55. The maximum Gasteiger partial charge on any atom is 0.347 e. The van der Waals surface area contributed by atoms with Crippen molar-refractivity contribution in [3.05, 3.63) is 60.1 Å². The molecule has 0 fully saturated rings. The molecule has 0 bridgehead atoms. The fourth-order valence-electron chi connectivity index (χ4n) is 2.00. The molecule has 0 amide bonds. The zero-order valence-electron chi connectivity index (χ0n) is 11.6. The van der Waals surface area contributed by atoms with Crippen molar-refractivity contribution in [2.24, 2.45) is 0 Å². The van der Waals surface area contributed by atoms with Crippen LogP contribution in [0.1, 0.15) is 21.9 Å². The smallest absolute Gasteiger partial charge is 0.347 e. The van der Waals surface area contributed by atoms with Gasteiger partial charge in [-0.3, -0.25) is 0 Å². The lowest BCUT2D eigenvalue weighted by atomic mass is 10.2. The van der Waals surface area contributed by atoms with E-state index >= 15 is 0 Å². The Hall–Kier alpha value is -2.89. The van der Waals surface area contributed by atoms with Gasteiger partial charge in [-0.05, 0) is 44.2 Å². The van der Waals surface area contributed by atoms with Gasteiger partial charge in [0.1, 0.15) is 35.5 Å². The first-order valence-corrected chi connectivity index (χ1v) is 6.38. The highest BCUT2D eigenvalue weighted by Crippen LogP contribution is 2.19. The number of hydrogen-bond acceptors (Lipinski definition) is 5. The predicted molar refractivity (Wildman–Crippen MR) is 74.5 cm³/mol. The molecule has 0 aliphatic rings. The van der Waals surface area contributed by atoms with E-state index in [0.29, 0.717) is 22.8 Å². The van der Waals surface area contributed by atoms with Gasteiger partial charge in [-0.1, -0.05) is 0 Å². The SMILES string of the molecule is Cc1cc(C(=O)Oc2ccc(-n3cncn3)cc2)c(C)o1. The molecule has 3 aromatic rings. The van der Waals surface area contributed by atoms with E-state index in [0.717, 1.165) is 5.69 Å². The Morgan fingerprint density at radius 2 is 2.00 bits per heavy atom. The Labute approximate surface area is 121 Å². The maximum absolute atomic E-state index is 12.1. The molecule has 0 saturated carbocycles. The fourth-order valence-corrected chi connectivity index (χ4v) is 2.00. The fraction of sp³-hybridized carbons (Fsp3) is 0.133. The largest absolute Gasteiger partial charge is 0.466 e. The van der Waals surface area contributed by atoms with Crippen LogP contribution >= 0.6 is 0 Å². The quantitative estimate of drug-likeness (QED) is 0.546. The summed E-state index contributed by atoms with van der Waals surface area (Å²) in [5, 5.41) is 4.02. The third-order valence-electron chi connectivity index (χ3n) is 2.99. The monoisotopic (exact) mass is 283 g/mol. The highest BCUT2D eigenvalue weighted by molar-refractivity contribution is 5.92. The number of esters is 1. The van der Waals surface area contributed by atoms with Gasteiger partial charge >= 0.3 is 5.97 Å². The number of furan rings is 1. The van der Waals surface area contributed by atoms with Gasteiger partial charge in [0.15, 0.2) is 0 Å². The normalized spacial score (nSPS) is 10.6. The molecular formula is C15H13N3O3. The van der Waals surface area contributed by atoms with Crippen LogP contribution in [0.3, 0.4) is 0 Å². The third kappa shape index (κ3) is 2.69. The molecule has 0 saturated heterocycles. The van der Waals surface area contributed by atoms with Crippen molar-refractivity contribution in [1.82, 2.24) is 14.8 Å². The van der Waals surface area contributed by atoms with Gasteiger partial charge in [-0.15, -0.1) is 0 Å². The summed E-state index contributed by atoms with van der Waals surface area (Å²) in [7, 11) is 0. The summed E-state index contributed by atoms with van der Waals surface area (Å²) in [5.41, 5.74) is 1.27. The highest BCUT2D eigenvalue weighted by Gasteiger charge is 2.15. The molecule has 6 nitrogen and oxygen atoms in total. The molecule has 0 N–H and O–H groups in total. The molecule has 6 heteroatoms. The van der Waals surface area contributed by atoms with Crippen molar-refractivity contribution in [3.63, 3.8) is 0 Å². The van der Waals surface area contributed by atoms with Gasteiger partial charge in [-0.2, -0.15) is 5.10 Å². The van der Waals surface area contributed by atoms with Gasteiger partial charge in [0.25, 0.3) is 0 Å². The van der Waals surface area contributed by atoms with E-state index in [1.54, 1.807) is 55.2 Å². The molecule has 3 rings (SSSR count). The Bertz CT molecular complexity index is 758. The van der Waals surface area contributed by atoms with E-state index in [4.69, 9.17) is 9.15 Å². The first-order chi connectivity index (χ1) is 10.1. The third-order valence-corrected chi connectivity index (χ3v) is 2.99. The number of benzene rings is 1. The molecule has 0 radical (unpaired) electrons. The van der Waals surface area contributed by atoms with Crippen LogP contribution in [-0.4, -0.2) is 20.7 Å². The van der Waals surface area contributed by atoms with Gasteiger partial charge in [0.2, 0.25) is 0 Å². The summed E-state index contributed by atoms with van der Waals surface area (Å²) in [6.45, 7) is 3.52. The van der Waals surface area contributed by atoms with Gasteiger partial charge < -0.3 is 9.15 Å². The molecule has 0 aliphatic heterocycles. The van der Waals surface area contributed by atoms with Crippen LogP contribution in [0.2, 0.25) is 0 Å². The topological polar surface area (TPSA) is 70.2 Å². The van der Waals surface area contributed by atoms with Crippen LogP contribution in [0, 0.1) is 13.8 Å². The van der Waals surface area contributed by atoms with Gasteiger partial charge in [-0.25, -0.2) is 14.5 Å². The lowest BCUT2D eigenvalue weighted by Crippen LogP contribution is -2.08. The molecule has 21 heavy (non-hydrogen) atoms. The van der Waals surface area contributed by atoms with Crippen LogP contribution in [0.15, 0.2) is 47.4 Å². The molecule has 1 aromatic carbocycles. The zero-order valence-corrected chi connectivity index (χ0v) is 11.6. The van der Waals surface area contributed by atoms with E-state index in [9.17, 15) is 4.79 Å². The standard InChI is InChI=1S/C15H13N3O3/c1-10-7-14(11(2)20-10)15(19)21-13-5-3-12(4-6-13)18-9-16-8-17-18/h3-9H,1-2H3. The Balaban J connectivity index is 1.76. The molecule has 2 heterocycles. The highest BCUT2D eigenvalue weighted by atomic mass is 16.5. The van der Waals surface area contributed by atoms with Crippen LogP contribution in [0.5, 0.6) is 5.75 Å². The minimum absolute atomic E-state index is 0.433. The van der Waals surface area contributed by atoms with Crippen molar-refractivity contribution < 1.29 is 13.9 Å². The summed E-state index contributed by atoms with van der Waals surface area (Å²) in [4.78, 5) is 15.9. The van der Waals surface area contributed by atoms with E-state index in [-0.39, 0.29) is 0 Å². The Morgan fingerprint density at radius 3 is 2.57 bits per heavy atom. The summed E-state index contributed by atoms with van der Waals surface area (Å²) in [6, 6.07) is 8.67. The van der Waals surface area contributed by atoms with Crippen LogP contribution in [-0.2, 0) is 0 Å². The molecule has 0 unspecified atom stereocenters. The van der Waals surface area contributed by atoms with E-state index in [1.807, 2.05) is 0 Å². The molecule has 2 aromatic heterocycles. The molecule has 106 valence electrons. The van der Waals surface area contributed by atoms with E-state index in [1.165, 1.54) is 6.33 Å². The lowest BCUT2D eigenvalue weighted by molar-refractivity contribution is 0.0733. The second-order valence-corrected chi connectivity index (χ2v) is 4.55. The second kappa shape index (κ2) is 5.24. The first-order valence-electron chi connectivity index (χ1n) is 6.38. The summed E-state index contributed by atoms with van der Waals surface area (Å²) in [5.74, 6) is 1.26. The van der Waals surface area contributed by atoms with E-state index < -0.39 is 5.97 Å². The first kappa shape index (κ1) is 13.1. The summed E-state index contributed by atoms with van der Waals surface area (Å²) in [6.07, 6.45) is 3.05. The molecule has 0 aliphatic carbocycles. The Morgan fingerprint density at radius 1 is 1.24 bits per heavy atom. The number of rotatable bonds is 3. The summed E-state index contributed by atoms with van der Waals surface area (Å²) >= 11 is 0. The average molecular weight is 283 g/mol. The number of carbonyl (C=O) groups is 1. The van der Waals surface area contributed by atoms with Crippen molar-refractivity contribution in [2.75, 3.05) is 0 Å². The number of aryl methyl sites for hydroxylation is 2. The van der Waals surface area contributed by atoms with Crippen molar-refractivity contribution >= 4 is 5.97 Å². The average Bonchev–Trinajstić information content (AvgIpc) is 3.09.